The zero-order valence-corrected chi connectivity index (χ0v) is 19.4. The molecule has 6 nitrogen and oxygen atoms in total. The molecule has 0 saturated heterocycles. The quantitative estimate of drug-likeness (QED) is 0.542. The highest BCUT2D eigenvalue weighted by Crippen LogP contribution is 2.32. The molecular formula is C24H26N2O4S2. The van der Waals surface area contributed by atoms with Gasteiger partial charge in [0.2, 0.25) is 20.0 Å². The molecule has 1 aliphatic rings. The van der Waals surface area contributed by atoms with Gasteiger partial charge >= 0.3 is 0 Å². The van der Waals surface area contributed by atoms with Crippen LogP contribution in [0.5, 0.6) is 0 Å². The van der Waals surface area contributed by atoms with Crippen molar-refractivity contribution in [1.29, 1.82) is 0 Å². The molecule has 3 aromatic rings. The second kappa shape index (κ2) is 9.15. The molecule has 1 N–H and O–H groups in total. The smallest absolute Gasteiger partial charge is 0.207 e. The van der Waals surface area contributed by atoms with Crippen LogP contribution in [-0.4, -0.2) is 27.7 Å². The van der Waals surface area contributed by atoms with Crippen molar-refractivity contribution in [3.05, 3.63) is 95.6 Å². The summed E-state index contributed by atoms with van der Waals surface area (Å²) >= 11 is 0. The number of fused-ring (bicyclic) bond motifs is 1. The summed E-state index contributed by atoms with van der Waals surface area (Å²) in [5, 5.41) is 0. The zero-order chi connectivity index (χ0) is 22.8. The van der Waals surface area contributed by atoms with Gasteiger partial charge in [-0.2, -0.15) is 4.31 Å². The summed E-state index contributed by atoms with van der Waals surface area (Å²) in [7, 11) is -7.54. The fourth-order valence-electron chi connectivity index (χ4n) is 4.03. The van der Waals surface area contributed by atoms with E-state index in [2.05, 4.69) is 4.72 Å². The minimum atomic E-state index is -3.78. The molecule has 0 aromatic heterocycles. The van der Waals surface area contributed by atoms with E-state index < -0.39 is 20.0 Å². The number of nitrogens with one attached hydrogen (secondary N) is 1. The van der Waals surface area contributed by atoms with E-state index >= 15 is 0 Å². The second-order valence-electron chi connectivity index (χ2n) is 7.80. The predicted octanol–water partition coefficient (Wildman–Crippen LogP) is 3.86. The first kappa shape index (κ1) is 22.7. The molecule has 1 aliphatic carbocycles. The molecular weight excluding hydrogens is 444 g/mol. The molecule has 0 radical (unpaired) electrons. The van der Waals surface area contributed by atoms with Gasteiger partial charge in [0.15, 0.2) is 0 Å². The van der Waals surface area contributed by atoms with Crippen molar-refractivity contribution in [3.8, 4) is 0 Å². The molecule has 1 atom stereocenters. The molecule has 0 amide bonds. The van der Waals surface area contributed by atoms with Crippen molar-refractivity contribution in [2.45, 2.75) is 42.1 Å². The van der Waals surface area contributed by atoms with Crippen LogP contribution in [0, 0.1) is 0 Å². The molecule has 0 saturated carbocycles. The van der Waals surface area contributed by atoms with Crippen LogP contribution in [0.3, 0.4) is 0 Å². The highest BCUT2D eigenvalue weighted by atomic mass is 32.2. The first-order valence-corrected chi connectivity index (χ1v) is 13.5. The molecule has 0 aliphatic heterocycles. The van der Waals surface area contributed by atoms with Gasteiger partial charge in [-0.3, -0.25) is 0 Å². The Hall–Kier alpha value is -2.52. The Labute approximate surface area is 190 Å². The Morgan fingerprint density at radius 2 is 1.47 bits per heavy atom. The average molecular weight is 471 g/mol. The number of aryl methyl sites for hydroxylation is 1. The van der Waals surface area contributed by atoms with Crippen LogP contribution in [-0.2, 0) is 33.0 Å². The molecule has 0 fully saturated rings. The van der Waals surface area contributed by atoms with Gasteiger partial charge in [-0.1, -0.05) is 61.5 Å². The van der Waals surface area contributed by atoms with Crippen LogP contribution in [0.15, 0.2) is 88.7 Å². The number of sulfonamides is 2. The summed E-state index contributed by atoms with van der Waals surface area (Å²) in [5.41, 5.74) is 3.03. The fourth-order valence-corrected chi connectivity index (χ4v) is 6.72. The molecule has 3 aromatic carbocycles. The Morgan fingerprint density at radius 3 is 2.16 bits per heavy atom. The minimum absolute atomic E-state index is 0.0481. The lowest BCUT2D eigenvalue weighted by Gasteiger charge is -2.21. The SMILES string of the molecule is CCN(Cc1ccccc1)S(=O)(=O)c1ccc(S(=O)(=O)NC2CCc3ccccc32)cc1. The summed E-state index contributed by atoms with van der Waals surface area (Å²) in [6, 6.07) is 22.3. The van der Waals surface area contributed by atoms with Crippen LogP contribution in [0.4, 0.5) is 0 Å². The standard InChI is InChI=1S/C24H26N2O4S2/c1-2-26(18-19-8-4-3-5-9-19)32(29,30)22-15-13-21(14-16-22)31(27,28)25-24-17-12-20-10-6-7-11-23(20)24/h3-11,13-16,24-25H,2,12,17-18H2,1H3. The number of nitrogens with zero attached hydrogens (tertiary/aromatic N) is 1. The molecule has 32 heavy (non-hydrogen) atoms. The van der Waals surface area contributed by atoms with Gasteiger partial charge in [-0.15, -0.1) is 0 Å². The lowest BCUT2D eigenvalue weighted by Crippen LogP contribution is -2.30. The summed E-state index contributed by atoms with van der Waals surface area (Å²) in [4.78, 5) is 0.118. The number of hydrogen-bond acceptors (Lipinski definition) is 4. The van der Waals surface area contributed by atoms with E-state index in [0.29, 0.717) is 13.0 Å². The Morgan fingerprint density at radius 1 is 0.844 bits per heavy atom. The van der Waals surface area contributed by atoms with Crippen molar-refractivity contribution in [2.24, 2.45) is 0 Å². The van der Waals surface area contributed by atoms with E-state index in [9.17, 15) is 16.8 Å². The van der Waals surface area contributed by atoms with Gasteiger partial charge in [0.1, 0.15) is 0 Å². The molecule has 168 valence electrons. The van der Waals surface area contributed by atoms with Crippen molar-refractivity contribution < 1.29 is 16.8 Å². The predicted molar refractivity (Wildman–Crippen MR) is 124 cm³/mol. The maximum absolute atomic E-state index is 13.1. The maximum atomic E-state index is 13.1. The van der Waals surface area contributed by atoms with E-state index in [1.807, 2.05) is 54.6 Å². The van der Waals surface area contributed by atoms with Crippen LogP contribution in [0.25, 0.3) is 0 Å². The van der Waals surface area contributed by atoms with Gasteiger partial charge in [0.05, 0.1) is 9.79 Å². The summed E-state index contributed by atoms with van der Waals surface area (Å²) in [5.74, 6) is 0. The van der Waals surface area contributed by atoms with Gasteiger partial charge in [0.25, 0.3) is 0 Å². The molecule has 4 rings (SSSR count). The van der Waals surface area contributed by atoms with Gasteiger partial charge in [-0.25, -0.2) is 21.6 Å². The van der Waals surface area contributed by atoms with Crippen molar-refractivity contribution in [2.75, 3.05) is 6.54 Å². The van der Waals surface area contributed by atoms with Gasteiger partial charge in [0, 0.05) is 19.1 Å². The first-order chi connectivity index (χ1) is 15.3. The van der Waals surface area contributed by atoms with E-state index in [4.69, 9.17) is 0 Å². The second-order valence-corrected chi connectivity index (χ2v) is 11.5. The molecule has 8 heteroatoms. The third-order valence-corrected chi connectivity index (χ3v) is 9.18. The largest absolute Gasteiger partial charge is 0.243 e. The highest BCUT2D eigenvalue weighted by molar-refractivity contribution is 7.89. The highest BCUT2D eigenvalue weighted by Gasteiger charge is 2.28. The third-order valence-electron chi connectivity index (χ3n) is 5.76. The molecule has 0 spiro atoms. The fraction of sp³-hybridized carbons (Fsp3) is 0.250. The molecule has 1 unspecified atom stereocenters. The lowest BCUT2D eigenvalue weighted by molar-refractivity contribution is 0.423. The van der Waals surface area contributed by atoms with Gasteiger partial charge < -0.3 is 0 Å². The summed E-state index contributed by atoms with van der Waals surface area (Å²) < 4.78 is 56.2. The van der Waals surface area contributed by atoms with Crippen LogP contribution < -0.4 is 4.72 Å². The minimum Gasteiger partial charge on any atom is -0.207 e. The monoisotopic (exact) mass is 470 g/mol. The lowest BCUT2D eigenvalue weighted by atomic mass is 10.1. The van der Waals surface area contributed by atoms with Crippen LogP contribution >= 0.6 is 0 Å². The van der Waals surface area contributed by atoms with E-state index in [1.54, 1.807) is 6.92 Å². The van der Waals surface area contributed by atoms with Gasteiger partial charge in [-0.05, 0) is 53.8 Å². The van der Waals surface area contributed by atoms with Crippen molar-refractivity contribution in [1.82, 2.24) is 9.03 Å². The number of hydrogen-bond donors (Lipinski definition) is 1. The Bertz CT molecular complexity index is 1290. The van der Waals surface area contributed by atoms with Crippen molar-refractivity contribution in [3.63, 3.8) is 0 Å². The summed E-state index contributed by atoms with van der Waals surface area (Å²) in [6.07, 6.45) is 1.53. The first-order valence-electron chi connectivity index (χ1n) is 10.6. The summed E-state index contributed by atoms with van der Waals surface area (Å²) in [6.45, 7) is 2.34. The van der Waals surface area contributed by atoms with Crippen molar-refractivity contribution >= 4 is 20.0 Å². The number of benzene rings is 3. The normalized spacial score (nSPS) is 16.2. The maximum Gasteiger partial charge on any atom is 0.243 e. The Balaban J connectivity index is 1.53. The average Bonchev–Trinajstić information content (AvgIpc) is 3.20. The van der Waals surface area contributed by atoms with E-state index in [-0.39, 0.29) is 22.4 Å². The molecule has 0 bridgehead atoms. The molecule has 0 heterocycles. The van der Waals surface area contributed by atoms with E-state index in [0.717, 1.165) is 23.1 Å². The van der Waals surface area contributed by atoms with Crippen LogP contribution in [0.1, 0.15) is 36.1 Å². The zero-order valence-electron chi connectivity index (χ0n) is 17.8. The Kier molecular flexibility index (Phi) is 6.48. The van der Waals surface area contributed by atoms with Crippen LogP contribution in [0.2, 0.25) is 0 Å². The third kappa shape index (κ3) is 4.63. The topological polar surface area (TPSA) is 83.6 Å². The number of rotatable bonds is 8. The van der Waals surface area contributed by atoms with E-state index in [1.165, 1.54) is 28.6 Å².